The molecule has 0 N–H and O–H groups in total. The van der Waals surface area contributed by atoms with Gasteiger partial charge in [0, 0.05) is 27.3 Å². The lowest BCUT2D eigenvalue weighted by molar-refractivity contribution is 0.189. The van der Waals surface area contributed by atoms with E-state index < -0.39 is 0 Å². The van der Waals surface area contributed by atoms with Crippen LogP contribution in [0.15, 0.2) is 10.7 Å². The van der Waals surface area contributed by atoms with Gasteiger partial charge in [0.05, 0.1) is 31.0 Å². The van der Waals surface area contributed by atoms with Gasteiger partial charge in [0.2, 0.25) is 11.8 Å². The van der Waals surface area contributed by atoms with Crippen molar-refractivity contribution in [3.8, 4) is 5.88 Å². The molecule has 0 spiro atoms. The van der Waals surface area contributed by atoms with Crippen molar-refractivity contribution in [1.82, 2.24) is 9.97 Å². The fourth-order valence-electron chi connectivity index (χ4n) is 1.35. The van der Waals surface area contributed by atoms with E-state index in [-0.39, 0.29) is 0 Å². The third-order valence-corrected chi connectivity index (χ3v) is 2.85. The quantitative estimate of drug-likeness (QED) is 0.721. The minimum Gasteiger partial charge on any atom is -0.480 e. The first kappa shape index (κ1) is 15.1. The summed E-state index contributed by atoms with van der Waals surface area (Å²) in [7, 11) is 4.90. The summed E-state index contributed by atoms with van der Waals surface area (Å²) in [6, 6.07) is 0. The minimum absolute atomic E-state index is 0.514. The maximum atomic E-state index is 5.16. The predicted molar refractivity (Wildman–Crippen MR) is 72.2 cm³/mol. The second-order valence-corrected chi connectivity index (χ2v) is 4.35. The van der Waals surface area contributed by atoms with E-state index >= 15 is 0 Å². The molecular weight excluding hydrogens is 302 g/mol. The predicted octanol–water partition coefficient (Wildman–Crippen LogP) is 1.35. The molecule has 0 aromatic carbocycles. The molecule has 0 aliphatic rings. The molecule has 0 saturated carbocycles. The molecule has 18 heavy (non-hydrogen) atoms. The first-order valence-electron chi connectivity index (χ1n) is 5.52. The Hall–Kier alpha value is -0.920. The third kappa shape index (κ3) is 4.40. The Kier molecular flexibility index (Phi) is 6.92. The van der Waals surface area contributed by atoms with Gasteiger partial charge in [-0.2, -0.15) is 4.98 Å². The van der Waals surface area contributed by atoms with Gasteiger partial charge in [-0.1, -0.05) is 0 Å². The van der Waals surface area contributed by atoms with Crippen LogP contribution in [0.5, 0.6) is 5.88 Å². The summed E-state index contributed by atoms with van der Waals surface area (Å²) in [5, 5.41) is 0. The van der Waals surface area contributed by atoms with E-state index in [1.165, 1.54) is 0 Å². The van der Waals surface area contributed by atoms with Crippen molar-refractivity contribution in [1.29, 1.82) is 0 Å². The highest BCUT2D eigenvalue weighted by molar-refractivity contribution is 9.10. The molecule has 0 bridgehead atoms. The Morgan fingerprint density at radius 2 is 1.78 bits per heavy atom. The third-order valence-electron chi connectivity index (χ3n) is 2.31. The van der Waals surface area contributed by atoms with E-state index in [9.17, 15) is 0 Å². The summed E-state index contributed by atoms with van der Waals surface area (Å²) >= 11 is 3.33. The van der Waals surface area contributed by atoms with Crippen LogP contribution in [0.4, 0.5) is 5.95 Å². The van der Waals surface area contributed by atoms with Gasteiger partial charge in [-0.3, -0.25) is 0 Å². The standard InChI is InChI=1S/C11H18BrN3O3/c1-16-6-4-15(5-7-17-2)11-13-8-9(12)10(14-11)18-3/h8H,4-7H2,1-3H3. The zero-order chi connectivity index (χ0) is 13.4. The summed E-state index contributed by atoms with van der Waals surface area (Å²) in [4.78, 5) is 10.6. The van der Waals surface area contributed by atoms with Crippen LogP contribution >= 0.6 is 15.9 Å². The van der Waals surface area contributed by atoms with Gasteiger partial charge in [-0.15, -0.1) is 0 Å². The largest absolute Gasteiger partial charge is 0.480 e. The van der Waals surface area contributed by atoms with Crippen molar-refractivity contribution in [3.63, 3.8) is 0 Å². The lowest BCUT2D eigenvalue weighted by atomic mass is 10.5. The van der Waals surface area contributed by atoms with E-state index in [1.807, 2.05) is 4.90 Å². The average Bonchev–Trinajstić information content (AvgIpc) is 2.40. The smallest absolute Gasteiger partial charge is 0.232 e. The molecule has 0 amide bonds. The summed E-state index contributed by atoms with van der Waals surface area (Å²) in [6.45, 7) is 2.60. The molecule has 0 aliphatic carbocycles. The zero-order valence-corrected chi connectivity index (χ0v) is 12.4. The van der Waals surface area contributed by atoms with Crippen molar-refractivity contribution >= 4 is 21.9 Å². The minimum atomic E-state index is 0.514. The molecule has 1 aromatic rings. The molecular formula is C11H18BrN3O3. The van der Waals surface area contributed by atoms with Crippen LogP contribution in [-0.4, -0.2) is 57.6 Å². The average molecular weight is 320 g/mol. The maximum absolute atomic E-state index is 5.16. The Balaban J connectivity index is 2.82. The Labute approximate surface area is 115 Å². The van der Waals surface area contributed by atoms with Crippen molar-refractivity contribution in [2.75, 3.05) is 52.5 Å². The molecule has 0 atom stereocenters. The number of methoxy groups -OCH3 is 3. The van der Waals surface area contributed by atoms with Crippen LogP contribution in [-0.2, 0) is 9.47 Å². The summed E-state index contributed by atoms with van der Waals surface area (Å²) in [6.07, 6.45) is 1.67. The zero-order valence-electron chi connectivity index (χ0n) is 10.9. The highest BCUT2D eigenvalue weighted by atomic mass is 79.9. The summed E-state index contributed by atoms with van der Waals surface area (Å²) in [5.74, 6) is 1.11. The number of hydrogen-bond acceptors (Lipinski definition) is 6. The fourth-order valence-corrected chi connectivity index (χ4v) is 1.71. The van der Waals surface area contributed by atoms with Crippen molar-refractivity contribution in [3.05, 3.63) is 10.7 Å². The van der Waals surface area contributed by atoms with Gasteiger partial charge in [0.25, 0.3) is 0 Å². The van der Waals surface area contributed by atoms with Crippen LogP contribution in [0, 0.1) is 0 Å². The van der Waals surface area contributed by atoms with Crippen molar-refractivity contribution < 1.29 is 14.2 Å². The number of halogens is 1. The Bertz CT molecular complexity index is 357. The summed E-state index contributed by atoms with van der Waals surface area (Å²) < 4.78 is 16.0. The van der Waals surface area contributed by atoms with Crippen LogP contribution in [0.25, 0.3) is 0 Å². The van der Waals surface area contributed by atoms with Crippen LogP contribution in [0.1, 0.15) is 0 Å². The van der Waals surface area contributed by atoms with E-state index in [0.29, 0.717) is 38.1 Å². The summed E-state index contributed by atoms with van der Waals surface area (Å²) in [5.41, 5.74) is 0. The van der Waals surface area contributed by atoms with E-state index in [1.54, 1.807) is 27.5 Å². The first-order valence-corrected chi connectivity index (χ1v) is 6.31. The van der Waals surface area contributed by atoms with Crippen molar-refractivity contribution in [2.45, 2.75) is 0 Å². The van der Waals surface area contributed by atoms with E-state index in [2.05, 4.69) is 25.9 Å². The highest BCUT2D eigenvalue weighted by Crippen LogP contribution is 2.23. The van der Waals surface area contributed by atoms with Gasteiger partial charge in [-0.25, -0.2) is 4.98 Å². The molecule has 0 saturated heterocycles. The lowest BCUT2D eigenvalue weighted by Gasteiger charge is -2.22. The normalized spacial score (nSPS) is 10.4. The molecule has 102 valence electrons. The molecule has 0 aliphatic heterocycles. The second kappa shape index (κ2) is 8.23. The molecule has 1 aromatic heterocycles. The van der Waals surface area contributed by atoms with Crippen LogP contribution in [0.3, 0.4) is 0 Å². The SMILES string of the molecule is COCCN(CCOC)c1ncc(Br)c(OC)n1. The lowest BCUT2D eigenvalue weighted by Crippen LogP contribution is -2.32. The maximum Gasteiger partial charge on any atom is 0.232 e. The van der Waals surface area contributed by atoms with Crippen LogP contribution < -0.4 is 9.64 Å². The second-order valence-electron chi connectivity index (χ2n) is 3.50. The van der Waals surface area contributed by atoms with Crippen molar-refractivity contribution in [2.24, 2.45) is 0 Å². The molecule has 0 radical (unpaired) electrons. The molecule has 7 heteroatoms. The van der Waals surface area contributed by atoms with Gasteiger partial charge in [0.15, 0.2) is 0 Å². The number of rotatable bonds is 8. The van der Waals surface area contributed by atoms with E-state index in [4.69, 9.17) is 14.2 Å². The first-order chi connectivity index (χ1) is 8.72. The highest BCUT2D eigenvalue weighted by Gasteiger charge is 2.12. The fraction of sp³-hybridized carbons (Fsp3) is 0.636. The number of nitrogens with zero attached hydrogens (tertiary/aromatic N) is 3. The monoisotopic (exact) mass is 319 g/mol. The van der Waals surface area contributed by atoms with Crippen LogP contribution in [0.2, 0.25) is 0 Å². The molecule has 0 fully saturated rings. The van der Waals surface area contributed by atoms with Gasteiger partial charge in [0.1, 0.15) is 0 Å². The molecule has 1 rings (SSSR count). The molecule has 0 unspecified atom stereocenters. The molecule has 6 nitrogen and oxygen atoms in total. The number of anilines is 1. The number of ether oxygens (including phenoxy) is 3. The molecule has 1 heterocycles. The van der Waals surface area contributed by atoms with Gasteiger partial charge < -0.3 is 19.1 Å². The van der Waals surface area contributed by atoms with Gasteiger partial charge in [-0.05, 0) is 15.9 Å². The number of aromatic nitrogens is 2. The van der Waals surface area contributed by atoms with Gasteiger partial charge >= 0.3 is 0 Å². The van der Waals surface area contributed by atoms with E-state index in [0.717, 1.165) is 4.47 Å². The Morgan fingerprint density at radius 1 is 1.17 bits per heavy atom. The Morgan fingerprint density at radius 3 is 2.28 bits per heavy atom. The number of hydrogen-bond donors (Lipinski definition) is 0. The topological polar surface area (TPSA) is 56.7 Å².